The number of carboxylic acids is 1. The quantitative estimate of drug-likeness (QED) is 0.751. The number of nitrogens with zero attached hydrogens (tertiary/aromatic N) is 1. The van der Waals surface area contributed by atoms with E-state index >= 15 is 0 Å². The van der Waals surface area contributed by atoms with Gasteiger partial charge in [0.1, 0.15) is 12.1 Å². The number of aliphatic carboxylic acids is 1. The van der Waals surface area contributed by atoms with Crippen LogP contribution in [0.3, 0.4) is 0 Å². The maximum atomic E-state index is 11.8. The van der Waals surface area contributed by atoms with E-state index in [2.05, 4.69) is 10.6 Å². The Kier molecular flexibility index (Phi) is 6.50. The molecule has 0 aliphatic carbocycles. The van der Waals surface area contributed by atoms with E-state index in [1.165, 1.54) is 18.2 Å². The maximum Gasteiger partial charge on any atom is 0.326 e. The second-order valence-electron chi connectivity index (χ2n) is 4.44. The smallest absolute Gasteiger partial charge is 0.326 e. The number of hydrogen-bond acceptors (Lipinski definition) is 3. The van der Waals surface area contributed by atoms with Crippen LogP contribution in [0.5, 0.6) is 0 Å². The minimum absolute atomic E-state index is 0.219. The molecular formula is C14H16ClN3O3. The summed E-state index contributed by atoms with van der Waals surface area (Å²) in [7, 11) is 0. The molecule has 0 unspecified atom stereocenters. The summed E-state index contributed by atoms with van der Waals surface area (Å²) in [6, 6.07) is 4.78. The molecular weight excluding hydrogens is 294 g/mol. The number of carbonyl (C=O) groups excluding carboxylic acids is 1. The molecule has 3 N–H and O–H groups in total. The summed E-state index contributed by atoms with van der Waals surface area (Å²) in [6.07, 6.45) is 1.92. The molecule has 21 heavy (non-hydrogen) atoms. The van der Waals surface area contributed by atoms with Crippen molar-refractivity contribution in [3.8, 4) is 6.07 Å². The first kappa shape index (κ1) is 16.8. The Labute approximate surface area is 127 Å². The monoisotopic (exact) mass is 309 g/mol. The van der Waals surface area contributed by atoms with Crippen molar-refractivity contribution in [2.45, 2.75) is 32.2 Å². The van der Waals surface area contributed by atoms with Crippen molar-refractivity contribution < 1.29 is 14.7 Å². The van der Waals surface area contributed by atoms with Gasteiger partial charge < -0.3 is 15.7 Å². The normalized spacial score (nSPS) is 11.3. The van der Waals surface area contributed by atoms with Gasteiger partial charge in [-0.1, -0.05) is 31.4 Å². The zero-order chi connectivity index (χ0) is 15.8. The van der Waals surface area contributed by atoms with Crippen molar-refractivity contribution in [1.82, 2.24) is 5.32 Å². The Morgan fingerprint density at radius 1 is 1.48 bits per heavy atom. The number of unbranched alkanes of at least 4 members (excludes halogenated alkanes) is 1. The van der Waals surface area contributed by atoms with Gasteiger partial charge >= 0.3 is 12.0 Å². The SMILES string of the molecule is CCCC[C@H](NC(=O)Nc1ccc(C#N)c(Cl)c1)C(=O)O. The van der Waals surface area contributed by atoms with Crippen LogP contribution in [0.4, 0.5) is 10.5 Å². The Balaban J connectivity index is 2.66. The molecule has 1 aromatic rings. The maximum absolute atomic E-state index is 11.8. The number of benzene rings is 1. The Morgan fingerprint density at radius 2 is 2.19 bits per heavy atom. The molecule has 0 saturated heterocycles. The van der Waals surface area contributed by atoms with Gasteiger partial charge in [0.25, 0.3) is 0 Å². The fraction of sp³-hybridized carbons (Fsp3) is 0.357. The number of urea groups is 1. The van der Waals surface area contributed by atoms with Crippen LogP contribution in [0.1, 0.15) is 31.7 Å². The van der Waals surface area contributed by atoms with Gasteiger partial charge in [0.2, 0.25) is 0 Å². The molecule has 0 aliphatic rings. The zero-order valence-corrected chi connectivity index (χ0v) is 12.3. The average molecular weight is 310 g/mol. The van der Waals surface area contributed by atoms with E-state index in [1.807, 2.05) is 13.0 Å². The molecule has 0 radical (unpaired) electrons. The largest absolute Gasteiger partial charge is 0.480 e. The van der Waals surface area contributed by atoms with Crippen LogP contribution < -0.4 is 10.6 Å². The number of halogens is 1. The van der Waals surface area contributed by atoms with Gasteiger partial charge in [-0.2, -0.15) is 5.26 Å². The Hall–Kier alpha value is -2.26. The van der Waals surface area contributed by atoms with Gasteiger partial charge in [0.15, 0.2) is 0 Å². The molecule has 0 aromatic heterocycles. The van der Waals surface area contributed by atoms with Crippen LogP contribution in [0.2, 0.25) is 5.02 Å². The van der Waals surface area contributed by atoms with Gasteiger partial charge in [-0.05, 0) is 24.6 Å². The van der Waals surface area contributed by atoms with Crippen molar-refractivity contribution >= 4 is 29.3 Å². The van der Waals surface area contributed by atoms with E-state index in [9.17, 15) is 9.59 Å². The fourth-order valence-corrected chi connectivity index (χ4v) is 1.90. The lowest BCUT2D eigenvalue weighted by Gasteiger charge is -2.15. The number of carbonyl (C=O) groups is 2. The van der Waals surface area contributed by atoms with Crippen molar-refractivity contribution in [3.63, 3.8) is 0 Å². The number of hydrogen-bond donors (Lipinski definition) is 3. The molecule has 2 amide bonds. The van der Waals surface area contributed by atoms with Gasteiger partial charge in [-0.3, -0.25) is 0 Å². The third-order valence-electron chi connectivity index (χ3n) is 2.80. The first-order valence-corrected chi connectivity index (χ1v) is 6.85. The van der Waals surface area contributed by atoms with Crippen LogP contribution in [0.15, 0.2) is 18.2 Å². The third kappa shape index (κ3) is 5.32. The standard InChI is InChI=1S/C14H16ClN3O3/c1-2-3-4-12(13(19)20)18-14(21)17-10-6-5-9(8-16)11(15)7-10/h5-7,12H,2-4H2,1H3,(H,19,20)(H2,17,18,21)/t12-/m0/s1. The topological polar surface area (TPSA) is 102 Å². The summed E-state index contributed by atoms with van der Waals surface area (Å²) in [5, 5.41) is 22.9. The molecule has 0 heterocycles. The summed E-state index contributed by atoms with van der Waals surface area (Å²) in [6.45, 7) is 1.94. The summed E-state index contributed by atoms with van der Waals surface area (Å²) >= 11 is 5.85. The number of nitrogens with one attached hydrogen (secondary N) is 2. The lowest BCUT2D eigenvalue weighted by Crippen LogP contribution is -2.42. The number of rotatable bonds is 6. The van der Waals surface area contributed by atoms with Crippen LogP contribution in [-0.2, 0) is 4.79 Å². The predicted molar refractivity (Wildman–Crippen MR) is 79.3 cm³/mol. The van der Waals surface area contributed by atoms with Gasteiger partial charge in [0, 0.05) is 5.69 Å². The highest BCUT2D eigenvalue weighted by molar-refractivity contribution is 6.32. The number of amides is 2. The van der Waals surface area contributed by atoms with Crippen LogP contribution in [0, 0.1) is 11.3 Å². The van der Waals surface area contributed by atoms with E-state index < -0.39 is 18.0 Å². The lowest BCUT2D eigenvalue weighted by atomic mass is 10.1. The number of carboxylic acid groups (broad SMARTS) is 1. The molecule has 6 nitrogen and oxygen atoms in total. The van der Waals surface area contributed by atoms with Crippen molar-refractivity contribution in [2.24, 2.45) is 0 Å². The highest BCUT2D eigenvalue weighted by Crippen LogP contribution is 2.20. The first-order chi connectivity index (χ1) is 9.97. The van der Waals surface area contributed by atoms with Crippen LogP contribution in [0.25, 0.3) is 0 Å². The Morgan fingerprint density at radius 3 is 2.71 bits per heavy atom. The summed E-state index contributed by atoms with van der Waals surface area (Å²) < 4.78 is 0. The van der Waals surface area contributed by atoms with Crippen molar-refractivity contribution in [1.29, 1.82) is 5.26 Å². The second-order valence-corrected chi connectivity index (χ2v) is 4.85. The van der Waals surface area contributed by atoms with E-state index in [1.54, 1.807) is 0 Å². The second kappa shape index (κ2) is 8.12. The van der Waals surface area contributed by atoms with Gasteiger partial charge in [-0.15, -0.1) is 0 Å². The highest BCUT2D eigenvalue weighted by Gasteiger charge is 2.19. The van der Waals surface area contributed by atoms with Crippen molar-refractivity contribution in [2.75, 3.05) is 5.32 Å². The molecule has 1 rings (SSSR count). The van der Waals surface area contributed by atoms with Crippen molar-refractivity contribution in [3.05, 3.63) is 28.8 Å². The molecule has 0 saturated carbocycles. The van der Waals surface area contributed by atoms with E-state index in [4.69, 9.17) is 22.0 Å². The van der Waals surface area contributed by atoms with E-state index in [0.29, 0.717) is 24.1 Å². The molecule has 7 heteroatoms. The molecule has 0 fully saturated rings. The van der Waals surface area contributed by atoms with Crippen LogP contribution in [-0.4, -0.2) is 23.1 Å². The average Bonchev–Trinajstić information content (AvgIpc) is 2.43. The summed E-state index contributed by atoms with van der Waals surface area (Å²) in [4.78, 5) is 22.8. The van der Waals surface area contributed by atoms with Gasteiger partial charge in [0.05, 0.1) is 10.6 Å². The minimum Gasteiger partial charge on any atom is -0.480 e. The highest BCUT2D eigenvalue weighted by atomic mass is 35.5. The third-order valence-corrected chi connectivity index (χ3v) is 3.11. The van der Waals surface area contributed by atoms with E-state index in [0.717, 1.165) is 6.42 Å². The number of anilines is 1. The molecule has 0 aliphatic heterocycles. The zero-order valence-electron chi connectivity index (χ0n) is 11.5. The lowest BCUT2D eigenvalue weighted by molar-refractivity contribution is -0.139. The summed E-state index contributed by atoms with van der Waals surface area (Å²) in [5.74, 6) is -1.07. The molecule has 1 aromatic carbocycles. The molecule has 0 bridgehead atoms. The Bertz CT molecular complexity index is 569. The summed E-state index contributed by atoms with van der Waals surface area (Å²) in [5.41, 5.74) is 0.685. The van der Waals surface area contributed by atoms with Crippen LogP contribution >= 0.6 is 11.6 Å². The van der Waals surface area contributed by atoms with Gasteiger partial charge in [-0.25, -0.2) is 9.59 Å². The minimum atomic E-state index is -1.07. The number of nitriles is 1. The molecule has 1 atom stereocenters. The fourth-order valence-electron chi connectivity index (χ4n) is 1.67. The predicted octanol–water partition coefficient (Wildman–Crippen LogP) is 2.98. The van der Waals surface area contributed by atoms with E-state index in [-0.39, 0.29) is 5.02 Å². The first-order valence-electron chi connectivity index (χ1n) is 6.48. The molecule has 112 valence electrons. The molecule has 0 spiro atoms.